The summed E-state index contributed by atoms with van der Waals surface area (Å²) in [6.45, 7) is 0.137. The van der Waals surface area contributed by atoms with Crippen LogP contribution in [0.25, 0.3) is 11.3 Å². The predicted octanol–water partition coefficient (Wildman–Crippen LogP) is 3.06. The van der Waals surface area contributed by atoms with E-state index in [1.807, 2.05) is 12.1 Å². The monoisotopic (exact) mass is 380 g/mol. The topological polar surface area (TPSA) is 82.6 Å². The summed E-state index contributed by atoms with van der Waals surface area (Å²) in [6.07, 6.45) is 8.35. The van der Waals surface area contributed by atoms with Crippen LogP contribution in [0.3, 0.4) is 0 Å². The lowest BCUT2D eigenvalue weighted by Crippen LogP contribution is -2.48. The number of rotatable bonds is 2. The maximum atomic E-state index is 8.88. The number of nitrogens with two attached hydrogens (primary N) is 1. The molecule has 0 saturated heterocycles. The molecule has 1 aromatic carbocycles. The quantitative estimate of drug-likeness (QED) is 0.866. The number of benzene rings is 1. The van der Waals surface area contributed by atoms with Crippen molar-refractivity contribution in [1.29, 1.82) is 0 Å². The lowest BCUT2D eigenvalue weighted by atomic mass is 9.59. The van der Waals surface area contributed by atoms with E-state index in [0.29, 0.717) is 0 Å². The summed E-state index contributed by atoms with van der Waals surface area (Å²) in [7, 11) is 1.75. The summed E-state index contributed by atoms with van der Waals surface area (Å²) in [5, 5.41) is 0. The van der Waals surface area contributed by atoms with Crippen LogP contribution in [0, 0.1) is 11.3 Å². The molecule has 28 heavy (non-hydrogen) atoms. The van der Waals surface area contributed by atoms with Crippen molar-refractivity contribution in [3.8, 4) is 11.3 Å². The second-order valence-corrected chi connectivity index (χ2v) is 8.28. The van der Waals surface area contributed by atoms with Gasteiger partial charge in [0.25, 0.3) is 6.02 Å². The molecule has 1 aliphatic heterocycles. The van der Waals surface area contributed by atoms with Crippen LogP contribution < -0.4 is 5.73 Å². The molecule has 146 valence electrons. The molecule has 0 radical (unpaired) electrons. The summed E-state index contributed by atoms with van der Waals surface area (Å²) in [6, 6.07) is 6.02. The van der Waals surface area contributed by atoms with Gasteiger partial charge in [-0.15, -0.1) is 0 Å². The van der Waals surface area contributed by atoms with E-state index < -0.39 is 17.5 Å². The van der Waals surface area contributed by atoms with E-state index in [1.54, 1.807) is 25.7 Å². The fraction of sp³-hybridized carbons (Fsp3) is 0.500. The zero-order chi connectivity index (χ0) is 21.1. The van der Waals surface area contributed by atoms with Crippen molar-refractivity contribution in [2.75, 3.05) is 13.7 Å². The van der Waals surface area contributed by atoms with E-state index in [2.05, 4.69) is 23.0 Å². The minimum atomic E-state index is -2.04. The van der Waals surface area contributed by atoms with Gasteiger partial charge in [-0.1, -0.05) is 19.1 Å². The third kappa shape index (κ3) is 2.40. The van der Waals surface area contributed by atoms with Crippen LogP contribution in [0.5, 0.6) is 0 Å². The van der Waals surface area contributed by atoms with Gasteiger partial charge in [0.1, 0.15) is 12.1 Å². The Bertz CT molecular complexity index is 1020. The highest BCUT2D eigenvalue weighted by Gasteiger charge is 2.62. The summed E-state index contributed by atoms with van der Waals surface area (Å²) in [5.74, 6) is 0.280. The molecular formula is C22H26N4O2. The second kappa shape index (κ2) is 6.27. The maximum Gasteiger partial charge on any atom is 0.283 e. The van der Waals surface area contributed by atoms with Gasteiger partial charge in [-0.25, -0.2) is 4.99 Å². The Balaban J connectivity index is 1.70. The Kier molecular flexibility index (Phi) is 3.46. The summed E-state index contributed by atoms with van der Waals surface area (Å²) in [4.78, 5) is 13.3. The molecule has 0 amide bonds. The lowest BCUT2D eigenvalue weighted by Gasteiger charge is -2.47. The number of hydrogen-bond donors (Lipinski definition) is 1. The third-order valence-corrected chi connectivity index (χ3v) is 6.79. The molecule has 0 bridgehead atoms. The van der Waals surface area contributed by atoms with Crippen LogP contribution in [-0.2, 0) is 21.4 Å². The Morgan fingerprint density at radius 1 is 1.36 bits per heavy atom. The zero-order valence-corrected chi connectivity index (χ0v) is 16.2. The number of amidine groups is 1. The van der Waals surface area contributed by atoms with Crippen LogP contribution in [-0.4, -0.2) is 35.8 Å². The van der Waals surface area contributed by atoms with E-state index in [-0.39, 0.29) is 18.0 Å². The van der Waals surface area contributed by atoms with E-state index >= 15 is 0 Å². The molecule has 4 atom stereocenters. The van der Waals surface area contributed by atoms with Crippen LogP contribution in [0.4, 0.5) is 0 Å². The first-order valence-electron chi connectivity index (χ1n) is 10.8. The Morgan fingerprint density at radius 3 is 2.93 bits per heavy atom. The van der Waals surface area contributed by atoms with Crippen molar-refractivity contribution in [3.05, 3.63) is 47.9 Å². The molecule has 2 aliphatic carbocycles. The van der Waals surface area contributed by atoms with Gasteiger partial charge in [0.2, 0.25) is 0 Å². The molecule has 5 rings (SSSR count). The molecule has 1 aromatic heterocycles. The lowest BCUT2D eigenvalue weighted by molar-refractivity contribution is -0.0445. The largest absolute Gasteiger partial charge is 0.462 e. The minimum absolute atomic E-state index is 0.0846. The van der Waals surface area contributed by atoms with Gasteiger partial charge in [0.05, 0.1) is 20.7 Å². The van der Waals surface area contributed by atoms with Gasteiger partial charge < -0.3 is 15.2 Å². The molecule has 2 spiro atoms. The van der Waals surface area contributed by atoms with Crippen LogP contribution >= 0.6 is 0 Å². The number of nitrogens with zero attached hydrogens (tertiary/aromatic N) is 3. The van der Waals surface area contributed by atoms with Crippen molar-refractivity contribution < 1.29 is 12.2 Å². The van der Waals surface area contributed by atoms with Gasteiger partial charge >= 0.3 is 0 Å². The van der Waals surface area contributed by atoms with E-state index in [1.165, 1.54) is 0 Å². The highest BCUT2D eigenvalue weighted by molar-refractivity contribution is 5.75. The first-order chi connectivity index (χ1) is 14.3. The molecule has 1 saturated carbocycles. The van der Waals surface area contributed by atoms with Gasteiger partial charge in [-0.2, -0.15) is 0 Å². The number of fused-ring (bicyclic) bond motifs is 3. The van der Waals surface area contributed by atoms with Gasteiger partial charge in [0.15, 0.2) is 0 Å². The fourth-order valence-corrected chi connectivity index (χ4v) is 5.52. The normalized spacial score (nSPS) is 36.6. The molecule has 0 unspecified atom stereocenters. The second-order valence-electron chi connectivity index (χ2n) is 8.28. The maximum absolute atomic E-state index is 8.88. The third-order valence-electron chi connectivity index (χ3n) is 6.79. The molecular weight excluding hydrogens is 352 g/mol. The number of aliphatic imine (C=N–C) groups is 1. The first-order valence-corrected chi connectivity index (χ1v) is 9.79. The number of hydrogen-bond acceptors (Lipinski definition) is 6. The number of methoxy groups -OCH3 is 1. The fourth-order valence-electron chi connectivity index (χ4n) is 5.52. The Labute approximate surface area is 168 Å². The molecule has 6 nitrogen and oxygen atoms in total. The number of aromatic nitrogens is 2. The van der Waals surface area contributed by atoms with E-state index in [9.17, 15) is 0 Å². The average molecular weight is 380 g/mol. The summed E-state index contributed by atoms with van der Waals surface area (Å²) in [5.41, 5.74) is 7.94. The highest BCUT2D eigenvalue weighted by Crippen LogP contribution is 2.62. The number of ether oxygens (including phenoxy) is 2. The van der Waals surface area contributed by atoms with Crippen LogP contribution in [0.15, 0.2) is 41.8 Å². The van der Waals surface area contributed by atoms with E-state index in [0.717, 1.165) is 48.1 Å². The smallest absolute Gasteiger partial charge is 0.283 e. The predicted molar refractivity (Wildman–Crippen MR) is 107 cm³/mol. The van der Waals surface area contributed by atoms with Crippen molar-refractivity contribution in [2.24, 2.45) is 22.1 Å². The zero-order valence-electron chi connectivity index (χ0n) is 18.2. The molecule has 1 fully saturated rings. The van der Waals surface area contributed by atoms with Crippen LogP contribution in [0.2, 0.25) is 0 Å². The van der Waals surface area contributed by atoms with Crippen molar-refractivity contribution in [3.63, 3.8) is 0 Å². The van der Waals surface area contributed by atoms with Crippen molar-refractivity contribution >= 4 is 6.02 Å². The standard InChI is InChI=1S/C22H26N4O2/c1-14-10-21(6-5-19(14)27-2)11-16-4-3-15(18-12-24-7-8-25-18)9-17(16)22(21)13-28-20(23)26-22/h3-4,7-9,12,14,19H,5-6,10-11,13H2,1-2H3,(H2,23,26)/t14-,19-,21-,22+/m1/s1/i13D2. The molecule has 3 aliphatic rings. The van der Waals surface area contributed by atoms with Crippen LogP contribution in [0.1, 0.15) is 40.1 Å². The highest BCUT2D eigenvalue weighted by atomic mass is 16.5. The first kappa shape index (κ1) is 15.5. The molecule has 2 heterocycles. The average Bonchev–Trinajstić information content (AvgIpc) is 3.13. The van der Waals surface area contributed by atoms with Crippen molar-refractivity contribution in [2.45, 2.75) is 44.2 Å². The molecule has 2 aromatic rings. The minimum Gasteiger partial charge on any atom is -0.462 e. The SMILES string of the molecule is [2H]C1([2H])OC(N)=N[C@]12c1cc(-c3cnccn3)ccc1C[C@]21CC[C@@H](OC)[C@H](C)C1. The summed E-state index contributed by atoms with van der Waals surface area (Å²) >= 11 is 0. The molecule has 2 N–H and O–H groups in total. The van der Waals surface area contributed by atoms with Gasteiger partial charge in [-0.3, -0.25) is 9.97 Å². The Hall–Kier alpha value is -2.47. The van der Waals surface area contributed by atoms with Gasteiger partial charge in [0, 0.05) is 30.5 Å². The molecule has 6 heteroatoms. The van der Waals surface area contributed by atoms with Crippen molar-refractivity contribution in [1.82, 2.24) is 9.97 Å². The Morgan fingerprint density at radius 2 is 2.25 bits per heavy atom. The van der Waals surface area contributed by atoms with E-state index in [4.69, 9.17) is 22.9 Å². The summed E-state index contributed by atoms with van der Waals surface area (Å²) < 4.78 is 29.0. The van der Waals surface area contributed by atoms with Gasteiger partial charge in [-0.05, 0) is 48.8 Å².